The van der Waals surface area contributed by atoms with Crippen LogP contribution in [-0.2, 0) is 14.6 Å². The smallest absolute Gasteiger partial charge is 0.268 e. The number of nitrogens with zero attached hydrogens (tertiary/aromatic N) is 4. The zero-order chi connectivity index (χ0) is 24.3. The number of hydrogen-bond donors (Lipinski definition) is 1. The Bertz CT molecular complexity index is 1400. The van der Waals surface area contributed by atoms with Gasteiger partial charge in [0.25, 0.3) is 11.1 Å². The average Bonchev–Trinajstić information content (AvgIpc) is 3.36. The standard InChI is InChI=1S/C21H20ClN5O4S2/c1-5-33(29,30)21-25-20(32-26-21)24-19(28)15(11-23)9-14-8-12(2)27(13(14)3)16-6-7-18(31-4)17(22)10-16/h6-10H,5H2,1-4H3,(H,24,25,26,28). The Kier molecular flexibility index (Phi) is 7.22. The molecule has 0 fully saturated rings. The Balaban J connectivity index is 1.90. The molecule has 3 rings (SSSR count). The summed E-state index contributed by atoms with van der Waals surface area (Å²) in [7, 11) is -2.05. The highest BCUT2D eigenvalue weighted by Gasteiger charge is 2.20. The van der Waals surface area contributed by atoms with Crippen molar-refractivity contribution in [2.45, 2.75) is 25.9 Å². The van der Waals surface area contributed by atoms with Crippen LogP contribution in [0.15, 0.2) is 35.0 Å². The first-order valence-electron chi connectivity index (χ1n) is 9.63. The number of nitrogens with one attached hydrogen (secondary N) is 1. The number of carbonyl (C=O) groups excluding carboxylic acids is 1. The zero-order valence-electron chi connectivity index (χ0n) is 18.2. The molecule has 0 spiro atoms. The van der Waals surface area contributed by atoms with Crippen LogP contribution in [0.1, 0.15) is 23.9 Å². The van der Waals surface area contributed by atoms with Crippen LogP contribution in [0, 0.1) is 25.2 Å². The average molecular weight is 506 g/mol. The second-order valence-corrected chi connectivity index (χ2v) is 10.2. The van der Waals surface area contributed by atoms with Gasteiger partial charge < -0.3 is 9.30 Å². The monoisotopic (exact) mass is 505 g/mol. The molecule has 0 aliphatic heterocycles. The molecule has 12 heteroatoms. The molecule has 1 N–H and O–H groups in total. The third-order valence-corrected chi connectivity index (χ3v) is 7.36. The van der Waals surface area contributed by atoms with E-state index >= 15 is 0 Å². The molecule has 1 amide bonds. The van der Waals surface area contributed by atoms with E-state index in [9.17, 15) is 18.5 Å². The molecular formula is C21H20ClN5O4S2. The van der Waals surface area contributed by atoms with Crippen LogP contribution in [0.2, 0.25) is 5.02 Å². The molecule has 1 aromatic carbocycles. The second kappa shape index (κ2) is 9.74. The van der Waals surface area contributed by atoms with Crippen molar-refractivity contribution in [1.29, 1.82) is 5.26 Å². The lowest BCUT2D eigenvalue weighted by Gasteiger charge is -2.12. The van der Waals surface area contributed by atoms with Gasteiger partial charge in [0.05, 0.1) is 17.9 Å². The highest BCUT2D eigenvalue weighted by Crippen LogP contribution is 2.30. The lowest BCUT2D eigenvalue weighted by atomic mass is 10.1. The number of halogens is 1. The van der Waals surface area contributed by atoms with Gasteiger partial charge in [-0.25, -0.2) is 8.42 Å². The number of amides is 1. The lowest BCUT2D eigenvalue weighted by molar-refractivity contribution is -0.112. The van der Waals surface area contributed by atoms with Crippen LogP contribution in [0.25, 0.3) is 11.8 Å². The van der Waals surface area contributed by atoms with Crippen molar-refractivity contribution in [3.63, 3.8) is 0 Å². The summed E-state index contributed by atoms with van der Waals surface area (Å²) in [5, 5.41) is 12.1. The fraction of sp³-hybridized carbons (Fsp3) is 0.238. The number of methoxy groups -OCH3 is 1. The number of anilines is 1. The van der Waals surface area contributed by atoms with E-state index in [1.807, 2.05) is 36.6 Å². The largest absolute Gasteiger partial charge is 0.495 e. The van der Waals surface area contributed by atoms with E-state index in [0.29, 0.717) is 16.3 Å². The van der Waals surface area contributed by atoms with Crippen molar-refractivity contribution < 1.29 is 17.9 Å². The maximum Gasteiger partial charge on any atom is 0.268 e. The number of ether oxygens (including phenoxy) is 1. The molecule has 2 aromatic heterocycles. The topological polar surface area (TPSA) is 127 Å². The number of benzene rings is 1. The first-order valence-corrected chi connectivity index (χ1v) is 12.4. The quantitative estimate of drug-likeness (QED) is 0.380. The molecule has 0 radical (unpaired) electrons. The third kappa shape index (κ3) is 5.08. The summed E-state index contributed by atoms with van der Waals surface area (Å²) in [6, 6.07) is 9.10. The SMILES string of the molecule is CCS(=O)(=O)c1nsc(NC(=O)C(C#N)=Cc2cc(C)n(-c3ccc(OC)c(Cl)c3)c2C)n1. The van der Waals surface area contributed by atoms with Crippen molar-refractivity contribution in [3.05, 3.63) is 51.8 Å². The zero-order valence-corrected chi connectivity index (χ0v) is 20.6. The molecule has 0 aliphatic rings. The number of aryl methyl sites for hydroxylation is 1. The molecule has 0 bridgehead atoms. The Morgan fingerprint density at radius 2 is 2.09 bits per heavy atom. The summed E-state index contributed by atoms with van der Waals surface area (Å²) < 4.78 is 34.6. The number of carbonyl (C=O) groups is 1. The van der Waals surface area contributed by atoms with Gasteiger partial charge >= 0.3 is 0 Å². The van der Waals surface area contributed by atoms with Crippen molar-refractivity contribution >= 4 is 50.1 Å². The van der Waals surface area contributed by atoms with E-state index < -0.39 is 15.7 Å². The van der Waals surface area contributed by atoms with E-state index in [0.717, 1.165) is 28.6 Å². The Morgan fingerprint density at radius 3 is 2.70 bits per heavy atom. The van der Waals surface area contributed by atoms with Crippen molar-refractivity contribution in [2.24, 2.45) is 0 Å². The highest BCUT2D eigenvalue weighted by atomic mass is 35.5. The molecule has 0 atom stereocenters. The van der Waals surface area contributed by atoms with Gasteiger partial charge in [-0.2, -0.15) is 14.6 Å². The van der Waals surface area contributed by atoms with Crippen molar-refractivity contribution in [2.75, 3.05) is 18.2 Å². The molecule has 0 saturated heterocycles. The summed E-state index contributed by atoms with van der Waals surface area (Å²) >= 11 is 6.99. The predicted molar refractivity (Wildman–Crippen MR) is 127 cm³/mol. The molecule has 172 valence electrons. The van der Waals surface area contributed by atoms with Crippen LogP contribution in [0.3, 0.4) is 0 Å². The first kappa shape index (κ1) is 24.4. The van der Waals surface area contributed by atoms with E-state index in [1.54, 1.807) is 12.1 Å². The number of sulfone groups is 1. The van der Waals surface area contributed by atoms with Gasteiger partial charge in [-0.1, -0.05) is 18.5 Å². The summed E-state index contributed by atoms with van der Waals surface area (Å²) in [5.74, 6) is -0.320. The number of nitriles is 1. The van der Waals surface area contributed by atoms with E-state index in [-0.39, 0.29) is 21.6 Å². The Labute approximate surface area is 200 Å². The van der Waals surface area contributed by atoms with Gasteiger partial charge in [0, 0.05) is 28.6 Å². The summed E-state index contributed by atoms with van der Waals surface area (Å²) in [5.41, 5.74) is 2.96. The minimum atomic E-state index is -3.59. The van der Waals surface area contributed by atoms with Gasteiger partial charge in [0.1, 0.15) is 17.4 Å². The van der Waals surface area contributed by atoms with Crippen LogP contribution >= 0.6 is 23.1 Å². The van der Waals surface area contributed by atoms with Gasteiger partial charge in [-0.3, -0.25) is 10.1 Å². The minimum absolute atomic E-state index is 0.00785. The second-order valence-electron chi connectivity index (χ2n) is 6.89. The molecule has 2 heterocycles. The van der Waals surface area contributed by atoms with Gasteiger partial charge in [-0.15, -0.1) is 0 Å². The Morgan fingerprint density at radius 1 is 1.36 bits per heavy atom. The molecule has 3 aromatic rings. The summed E-state index contributed by atoms with van der Waals surface area (Å²) in [4.78, 5) is 16.5. The van der Waals surface area contributed by atoms with Gasteiger partial charge in [-0.05, 0) is 49.8 Å². The molecule has 0 unspecified atom stereocenters. The van der Waals surface area contributed by atoms with Crippen LogP contribution in [0.5, 0.6) is 5.75 Å². The first-order chi connectivity index (χ1) is 15.6. The number of hydrogen-bond acceptors (Lipinski definition) is 8. The lowest BCUT2D eigenvalue weighted by Crippen LogP contribution is -2.14. The number of aromatic nitrogens is 3. The van der Waals surface area contributed by atoms with Crippen LogP contribution in [-0.4, -0.2) is 41.1 Å². The molecule has 9 nitrogen and oxygen atoms in total. The fourth-order valence-corrected chi connectivity index (χ4v) is 4.95. The van der Waals surface area contributed by atoms with Gasteiger partial charge in [0.15, 0.2) is 0 Å². The maximum atomic E-state index is 12.6. The Hall–Kier alpha value is -3.20. The predicted octanol–water partition coefficient (Wildman–Crippen LogP) is 3.95. The summed E-state index contributed by atoms with van der Waals surface area (Å²) in [6.45, 7) is 5.23. The van der Waals surface area contributed by atoms with E-state index in [4.69, 9.17) is 16.3 Å². The number of rotatable bonds is 7. The van der Waals surface area contributed by atoms with E-state index in [1.165, 1.54) is 20.1 Å². The maximum absolute atomic E-state index is 12.6. The van der Waals surface area contributed by atoms with Crippen molar-refractivity contribution in [3.8, 4) is 17.5 Å². The molecular weight excluding hydrogens is 486 g/mol. The fourth-order valence-electron chi connectivity index (χ4n) is 3.11. The third-order valence-electron chi connectivity index (χ3n) is 4.81. The van der Waals surface area contributed by atoms with E-state index in [2.05, 4.69) is 14.7 Å². The molecule has 0 saturated carbocycles. The minimum Gasteiger partial charge on any atom is -0.495 e. The van der Waals surface area contributed by atoms with Gasteiger partial charge in [0.2, 0.25) is 15.0 Å². The van der Waals surface area contributed by atoms with Crippen molar-refractivity contribution in [1.82, 2.24) is 13.9 Å². The van der Waals surface area contributed by atoms with Crippen LogP contribution in [0.4, 0.5) is 5.13 Å². The normalized spacial score (nSPS) is 11.8. The van der Waals surface area contributed by atoms with Crippen LogP contribution < -0.4 is 10.1 Å². The summed E-state index contributed by atoms with van der Waals surface area (Å²) in [6.07, 6.45) is 1.46. The highest BCUT2D eigenvalue weighted by molar-refractivity contribution is 7.91. The molecule has 33 heavy (non-hydrogen) atoms. The molecule has 0 aliphatic carbocycles.